The standard InChI is InChI=1S/C28H33ClN2O4/c1-5-7-12-30-17-22-25(19-9-8-10-20(29)14-19)26(28(32)35-6-2)27-21-16-24(34-4)23(33-3)15-18(21)11-13-31(22)27/h8-10,14-16,30H,5-7,11-13,17H2,1-4H3. The molecular weight excluding hydrogens is 464 g/mol. The number of halogens is 1. The number of nitrogens with zero attached hydrogens (tertiary/aromatic N) is 1. The lowest BCUT2D eigenvalue weighted by atomic mass is 9.93. The van der Waals surface area contributed by atoms with Crippen molar-refractivity contribution in [2.45, 2.75) is 46.2 Å². The lowest BCUT2D eigenvalue weighted by Gasteiger charge is -2.24. The number of methoxy groups -OCH3 is 2. The molecule has 186 valence electrons. The van der Waals surface area contributed by atoms with Gasteiger partial charge >= 0.3 is 5.97 Å². The molecule has 0 unspecified atom stereocenters. The van der Waals surface area contributed by atoms with Crippen LogP contribution < -0.4 is 14.8 Å². The van der Waals surface area contributed by atoms with Crippen LogP contribution in [0.1, 0.15) is 48.3 Å². The van der Waals surface area contributed by atoms with Crippen molar-refractivity contribution in [1.82, 2.24) is 9.88 Å². The molecule has 1 aromatic heterocycles. The van der Waals surface area contributed by atoms with Crippen LogP contribution in [-0.2, 0) is 24.2 Å². The molecule has 2 aromatic carbocycles. The minimum atomic E-state index is -0.339. The first-order chi connectivity index (χ1) is 17.0. The SMILES string of the molecule is CCCCNCc1c(-c2cccc(Cl)c2)c(C(=O)OCC)c2n1CCc1cc(OC)c(OC)cc1-2. The maximum atomic E-state index is 13.5. The van der Waals surface area contributed by atoms with E-state index in [-0.39, 0.29) is 5.97 Å². The molecule has 1 aliphatic rings. The minimum Gasteiger partial charge on any atom is -0.493 e. The number of nitrogens with one attached hydrogen (secondary N) is 1. The van der Waals surface area contributed by atoms with Crippen LogP contribution in [0.5, 0.6) is 11.5 Å². The highest BCUT2D eigenvalue weighted by Gasteiger charge is 2.33. The Labute approximate surface area is 212 Å². The highest BCUT2D eigenvalue weighted by atomic mass is 35.5. The first-order valence-corrected chi connectivity index (χ1v) is 12.6. The number of aryl methyl sites for hydroxylation is 1. The predicted molar refractivity (Wildman–Crippen MR) is 140 cm³/mol. The van der Waals surface area contributed by atoms with Crippen molar-refractivity contribution in [1.29, 1.82) is 0 Å². The third kappa shape index (κ3) is 4.91. The summed E-state index contributed by atoms with van der Waals surface area (Å²) < 4.78 is 19.0. The topological polar surface area (TPSA) is 61.7 Å². The molecule has 0 saturated heterocycles. The minimum absolute atomic E-state index is 0.293. The van der Waals surface area contributed by atoms with Gasteiger partial charge in [0.1, 0.15) is 0 Å². The first-order valence-electron chi connectivity index (χ1n) is 12.2. The highest BCUT2D eigenvalue weighted by molar-refractivity contribution is 6.31. The van der Waals surface area contributed by atoms with Gasteiger partial charge in [0.2, 0.25) is 0 Å². The molecule has 4 rings (SSSR count). The average Bonchev–Trinajstić information content (AvgIpc) is 3.20. The Kier molecular flexibility index (Phi) is 8.04. The van der Waals surface area contributed by atoms with Gasteiger partial charge in [0, 0.05) is 34.9 Å². The Bertz CT molecular complexity index is 1220. The van der Waals surface area contributed by atoms with Crippen molar-refractivity contribution >= 4 is 17.6 Å². The van der Waals surface area contributed by atoms with Crippen LogP contribution in [0, 0.1) is 0 Å². The predicted octanol–water partition coefficient (Wildman–Crippen LogP) is 6.12. The Morgan fingerprint density at radius 1 is 1.11 bits per heavy atom. The van der Waals surface area contributed by atoms with Gasteiger partial charge < -0.3 is 24.1 Å². The van der Waals surface area contributed by atoms with Crippen molar-refractivity contribution < 1.29 is 19.0 Å². The van der Waals surface area contributed by atoms with Crippen LogP contribution in [0.15, 0.2) is 36.4 Å². The summed E-state index contributed by atoms with van der Waals surface area (Å²) in [4.78, 5) is 13.5. The summed E-state index contributed by atoms with van der Waals surface area (Å²) in [5, 5.41) is 4.20. The maximum Gasteiger partial charge on any atom is 0.340 e. The quantitative estimate of drug-likeness (QED) is 0.271. The third-order valence-corrected chi connectivity index (χ3v) is 6.67. The summed E-state index contributed by atoms with van der Waals surface area (Å²) >= 11 is 6.40. The highest BCUT2D eigenvalue weighted by Crippen LogP contribution is 2.45. The molecule has 6 nitrogen and oxygen atoms in total. The smallest absolute Gasteiger partial charge is 0.340 e. The molecule has 2 heterocycles. The third-order valence-electron chi connectivity index (χ3n) is 6.43. The Hall–Kier alpha value is -2.96. The van der Waals surface area contributed by atoms with Crippen molar-refractivity contribution in [3.63, 3.8) is 0 Å². The fourth-order valence-electron chi connectivity index (χ4n) is 4.82. The average molecular weight is 497 g/mol. The zero-order chi connectivity index (χ0) is 24.9. The number of aromatic nitrogens is 1. The largest absolute Gasteiger partial charge is 0.493 e. The molecule has 0 radical (unpaired) electrons. The second-order valence-corrected chi connectivity index (χ2v) is 9.01. The summed E-state index contributed by atoms with van der Waals surface area (Å²) in [5.74, 6) is 0.969. The Morgan fingerprint density at radius 2 is 1.89 bits per heavy atom. The fourth-order valence-corrected chi connectivity index (χ4v) is 5.01. The molecule has 7 heteroatoms. The molecule has 0 atom stereocenters. The summed E-state index contributed by atoms with van der Waals surface area (Å²) in [6, 6.07) is 11.7. The molecule has 0 saturated carbocycles. The molecule has 0 aliphatic carbocycles. The van der Waals surface area contributed by atoms with Crippen LogP contribution in [0.3, 0.4) is 0 Å². The number of hydrogen-bond donors (Lipinski definition) is 1. The number of carbonyl (C=O) groups is 1. The van der Waals surface area contributed by atoms with Crippen molar-refractivity contribution in [2.75, 3.05) is 27.4 Å². The van der Waals surface area contributed by atoms with E-state index in [2.05, 4.69) is 16.8 Å². The summed E-state index contributed by atoms with van der Waals surface area (Å²) in [7, 11) is 3.26. The van der Waals surface area contributed by atoms with Gasteiger partial charge in [-0.1, -0.05) is 37.1 Å². The number of unbranched alkanes of at least 4 members (excludes halogenated alkanes) is 1. The van der Waals surface area contributed by atoms with E-state index >= 15 is 0 Å². The Morgan fingerprint density at radius 3 is 2.57 bits per heavy atom. The monoisotopic (exact) mass is 496 g/mol. The van der Waals surface area contributed by atoms with Crippen LogP contribution in [0.25, 0.3) is 22.4 Å². The van der Waals surface area contributed by atoms with E-state index < -0.39 is 0 Å². The molecule has 3 aromatic rings. The second kappa shape index (κ2) is 11.2. The van der Waals surface area contributed by atoms with E-state index in [1.807, 2.05) is 43.3 Å². The number of rotatable bonds is 10. The molecule has 1 N–H and O–H groups in total. The van der Waals surface area contributed by atoms with E-state index in [0.29, 0.717) is 35.2 Å². The van der Waals surface area contributed by atoms with Gasteiger partial charge in [-0.05, 0) is 61.7 Å². The number of benzene rings is 2. The maximum absolute atomic E-state index is 13.5. The Balaban J connectivity index is 2.01. The lowest BCUT2D eigenvalue weighted by Crippen LogP contribution is -2.20. The van der Waals surface area contributed by atoms with E-state index in [0.717, 1.165) is 66.0 Å². The van der Waals surface area contributed by atoms with Gasteiger partial charge in [0.15, 0.2) is 11.5 Å². The van der Waals surface area contributed by atoms with E-state index in [1.54, 1.807) is 14.2 Å². The zero-order valence-electron chi connectivity index (χ0n) is 20.9. The van der Waals surface area contributed by atoms with Gasteiger partial charge in [-0.15, -0.1) is 0 Å². The van der Waals surface area contributed by atoms with Crippen LogP contribution in [0.4, 0.5) is 0 Å². The van der Waals surface area contributed by atoms with Gasteiger partial charge in [0.05, 0.1) is 32.1 Å². The van der Waals surface area contributed by atoms with Crippen LogP contribution >= 0.6 is 11.6 Å². The molecular formula is C28H33ClN2O4. The van der Waals surface area contributed by atoms with Gasteiger partial charge in [0.25, 0.3) is 0 Å². The van der Waals surface area contributed by atoms with E-state index in [4.69, 9.17) is 25.8 Å². The molecule has 0 fully saturated rings. The number of hydrogen-bond acceptors (Lipinski definition) is 5. The molecule has 0 bridgehead atoms. The number of esters is 1. The van der Waals surface area contributed by atoms with E-state index in [1.165, 1.54) is 0 Å². The molecule has 0 spiro atoms. The molecule has 0 amide bonds. The number of ether oxygens (including phenoxy) is 3. The number of fused-ring (bicyclic) bond motifs is 3. The fraction of sp³-hybridized carbons (Fsp3) is 0.393. The van der Waals surface area contributed by atoms with E-state index in [9.17, 15) is 4.79 Å². The van der Waals surface area contributed by atoms with Gasteiger partial charge in [-0.2, -0.15) is 0 Å². The van der Waals surface area contributed by atoms with Crippen LogP contribution in [0.2, 0.25) is 5.02 Å². The second-order valence-electron chi connectivity index (χ2n) is 8.57. The summed E-state index contributed by atoms with van der Waals surface area (Å²) in [5.41, 5.74) is 6.31. The summed E-state index contributed by atoms with van der Waals surface area (Å²) in [6.07, 6.45) is 3.02. The van der Waals surface area contributed by atoms with Crippen LogP contribution in [-0.4, -0.2) is 37.9 Å². The number of carbonyl (C=O) groups excluding carboxylic acids is 1. The van der Waals surface area contributed by atoms with Crippen molar-refractivity contribution in [3.05, 3.63) is 58.2 Å². The van der Waals surface area contributed by atoms with Crippen molar-refractivity contribution in [3.8, 4) is 33.9 Å². The first kappa shape index (κ1) is 25.1. The van der Waals surface area contributed by atoms with Gasteiger partial charge in [-0.3, -0.25) is 0 Å². The van der Waals surface area contributed by atoms with Gasteiger partial charge in [-0.25, -0.2) is 4.79 Å². The normalized spacial score (nSPS) is 12.1. The molecule has 1 aliphatic heterocycles. The zero-order valence-corrected chi connectivity index (χ0v) is 21.6. The lowest BCUT2D eigenvalue weighted by molar-refractivity contribution is 0.0528. The summed E-state index contributed by atoms with van der Waals surface area (Å²) in [6.45, 7) is 6.58. The van der Waals surface area contributed by atoms with Crippen molar-refractivity contribution in [2.24, 2.45) is 0 Å². The molecule has 35 heavy (non-hydrogen) atoms.